The summed E-state index contributed by atoms with van der Waals surface area (Å²) in [5.41, 5.74) is 0.830. The van der Waals surface area contributed by atoms with Crippen LogP contribution < -0.4 is 14.8 Å². The molecule has 1 amide bonds. The van der Waals surface area contributed by atoms with E-state index in [0.717, 1.165) is 16.5 Å². The van der Waals surface area contributed by atoms with Crippen LogP contribution in [0.25, 0.3) is 0 Å². The van der Waals surface area contributed by atoms with Crippen molar-refractivity contribution in [3.05, 3.63) is 54.1 Å². The normalized spacial score (nSPS) is 24.9. The fourth-order valence-electron chi connectivity index (χ4n) is 5.75. The molecule has 0 aliphatic carbocycles. The molecule has 3 saturated heterocycles. The summed E-state index contributed by atoms with van der Waals surface area (Å²) in [5.74, 6) is 0.694. The van der Waals surface area contributed by atoms with Gasteiger partial charge < -0.3 is 38.8 Å². The van der Waals surface area contributed by atoms with Crippen molar-refractivity contribution < 1.29 is 51.6 Å². The van der Waals surface area contributed by atoms with E-state index in [1.807, 2.05) is 30.3 Å². The summed E-state index contributed by atoms with van der Waals surface area (Å²) in [4.78, 5) is 19.1. The molecule has 4 heterocycles. The number of hydrogen-bond donors (Lipinski definition) is 2. The fourth-order valence-corrected chi connectivity index (χ4v) is 7.06. The van der Waals surface area contributed by atoms with E-state index < -0.39 is 47.0 Å². The molecule has 14 heteroatoms. The molecule has 3 fully saturated rings. The number of nitrogens with one attached hydrogen (secondary N) is 1. The van der Waals surface area contributed by atoms with Crippen molar-refractivity contribution in [2.75, 3.05) is 46.2 Å². The minimum atomic E-state index is -4.29. The maximum absolute atomic E-state index is 14.0. The highest BCUT2D eigenvalue weighted by atomic mass is 32.2. The summed E-state index contributed by atoms with van der Waals surface area (Å²) in [5, 5.41) is 14.3. The molecule has 4 aliphatic heterocycles. The molecular weight excluding hydrogens is 596 g/mol. The molecule has 2 unspecified atom stereocenters. The minimum absolute atomic E-state index is 0.0576. The number of aliphatic hydroxyl groups is 1. The molecule has 4 aliphatic rings. The lowest BCUT2D eigenvalue weighted by Crippen LogP contribution is -2.52. The third-order valence-corrected chi connectivity index (χ3v) is 9.78. The minimum Gasteiger partial charge on any atom is -0.486 e. The third-order valence-electron chi connectivity index (χ3n) is 8.16. The molecule has 2 aromatic rings. The van der Waals surface area contributed by atoms with Gasteiger partial charge in [-0.15, -0.1) is 0 Å². The van der Waals surface area contributed by atoms with Gasteiger partial charge in [-0.1, -0.05) is 34.8 Å². The van der Waals surface area contributed by atoms with Gasteiger partial charge in [0.25, 0.3) is 10.0 Å². The van der Waals surface area contributed by atoms with Gasteiger partial charge in [0.15, 0.2) is 17.8 Å². The van der Waals surface area contributed by atoms with Gasteiger partial charge in [-0.05, 0) is 43.4 Å². The lowest BCUT2D eigenvalue weighted by molar-refractivity contribution is -0.170. The van der Waals surface area contributed by atoms with Crippen molar-refractivity contribution in [2.24, 2.45) is 5.92 Å². The van der Waals surface area contributed by atoms with Crippen LogP contribution in [0.3, 0.4) is 0 Å². The van der Waals surface area contributed by atoms with Crippen LogP contribution in [0.15, 0.2) is 53.4 Å². The molecule has 5 atom stereocenters. The number of fused-ring (bicyclic) bond motifs is 2. The maximum Gasteiger partial charge on any atom is 0.407 e. The monoisotopic (exact) mass is 634 g/mol. The molecule has 0 bridgehead atoms. The average molecular weight is 635 g/mol. The van der Waals surface area contributed by atoms with E-state index in [1.165, 1.54) is 18.2 Å². The Labute approximate surface area is 256 Å². The zero-order valence-electron chi connectivity index (χ0n) is 24.2. The summed E-state index contributed by atoms with van der Waals surface area (Å²) in [6.45, 7) is 1.80. The quantitative estimate of drug-likeness (QED) is 0.350. The zero-order valence-corrected chi connectivity index (χ0v) is 25.1. The number of benzene rings is 2. The standard InChI is InChI=1S/C30H38N2O11S/c33-25(24(16-20-4-2-1-3-5-20)31-30(34)42-28-19-41-29-23(28)10-13-40-29)18-32(43-21-8-11-37-12-9-21)44(35,36)22-6-7-26-27(17-22)39-15-14-38-26/h1-7,17,21,23-25,28-29,33H,8-16,18-19H2,(H,31,34)/t23-,24?,25?,28-,29+/m0/s1. The van der Waals surface area contributed by atoms with Gasteiger partial charge in [0.2, 0.25) is 0 Å². The molecule has 0 radical (unpaired) electrons. The SMILES string of the molecule is O=C(NC(Cc1ccccc1)C(O)CN(OC1CCOCC1)S(=O)(=O)c1ccc2c(c1)OCCO2)O[C@H]1CO[C@H]2OCC[C@H]21. The second-order valence-corrected chi connectivity index (χ2v) is 13.0. The van der Waals surface area contributed by atoms with Gasteiger partial charge in [-0.25, -0.2) is 13.2 Å². The molecule has 0 aromatic heterocycles. The second kappa shape index (κ2) is 14.0. The summed E-state index contributed by atoms with van der Waals surface area (Å²) < 4.78 is 62.2. The molecule has 0 spiro atoms. The molecule has 6 rings (SSSR count). The Morgan fingerprint density at radius 3 is 2.55 bits per heavy atom. The Hall–Kier alpha value is -2.98. The van der Waals surface area contributed by atoms with Crippen LogP contribution >= 0.6 is 0 Å². The predicted octanol–water partition coefficient (Wildman–Crippen LogP) is 2.02. The van der Waals surface area contributed by atoms with E-state index in [1.54, 1.807) is 0 Å². The van der Waals surface area contributed by atoms with Gasteiger partial charge in [0, 0.05) is 19.3 Å². The van der Waals surface area contributed by atoms with Crippen LogP contribution in [0.5, 0.6) is 11.5 Å². The largest absolute Gasteiger partial charge is 0.486 e. The lowest BCUT2D eigenvalue weighted by Gasteiger charge is -2.32. The number of alkyl carbamates (subject to hydrolysis) is 1. The first-order chi connectivity index (χ1) is 21.4. The number of carbonyl (C=O) groups excluding carboxylic acids is 1. The van der Waals surface area contributed by atoms with Gasteiger partial charge >= 0.3 is 6.09 Å². The van der Waals surface area contributed by atoms with Gasteiger partial charge in [0.05, 0.1) is 48.8 Å². The molecule has 2 N–H and O–H groups in total. The third kappa shape index (κ3) is 7.28. The van der Waals surface area contributed by atoms with E-state index in [9.17, 15) is 18.3 Å². The molecule has 0 saturated carbocycles. The van der Waals surface area contributed by atoms with E-state index in [4.69, 9.17) is 33.3 Å². The van der Waals surface area contributed by atoms with Crippen LogP contribution in [0.1, 0.15) is 24.8 Å². The summed E-state index contributed by atoms with van der Waals surface area (Å²) in [6, 6.07) is 12.7. The van der Waals surface area contributed by atoms with E-state index >= 15 is 0 Å². The Morgan fingerprint density at radius 1 is 0.977 bits per heavy atom. The number of ether oxygens (including phenoxy) is 6. The van der Waals surface area contributed by atoms with Crippen molar-refractivity contribution in [1.82, 2.24) is 9.79 Å². The highest BCUT2D eigenvalue weighted by Gasteiger charge is 2.44. The number of sulfonamides is 1. The highest BCUT2D eigenvalue weighted by Crippen LogP contribution is 2.34. The molecule has 240 valence electrons. The molecule has 44 heavy (non-hydrogen) atoms. The van der Waals surface area contributed by atoms with Crippen LogP contribution in [-0.2, 0) is 40.2 Å². The van der Waals surface area contributed by atoms with Crippen molar-refractivity contribution >= 4 is 16.1 Å². The van der Waals surface area contributed by atoms with Gasteiger partial charge in [-0.2, -0.15) is 0 Å². The van der Waals surface area contributed by atoms with Crippen molar-refractivity contribution in [1.29, 1.82) is 0 Å². The maximum atomic E-state index is 14.0. The number of rotatable bonds is 11. The molecule has 13 nitrogen and oxygen atoms in total. The number of nitrogens with zero attached hydrogens (tertiary/aromatic N) is 1. The number of carbonyl (C=O) groups is 1. The topological polar surface area (TPSA) is 151 Å². The summed E-state index contributed by atoms with van der Waals surface area (Å²) in [6.07, 6.45) is -1.54. The Kier molecular flexibility index (Phi) is 9.86. The second-order valence-electron chi connectivity index (χ2n) is 11.2. The Bertz CT molecular complexity index is 1370. The lowest BCUT2D eigenvalue weighted by atomic mass is 10.0. The van der Waals surface area contributed by atoms with Gasteiger partial charge in [-0.3, -0.25) is 4.84 Å². The summed E-state index contributed by atoms with van der Waals surface area (Å²) >= 11 is 0. The average Bonchev–Trinajstić information content (AvgIpc) is 3.66. The van der Waals surface area contributed by atoms with Crippen LogP contribution in [-0.4, -0.2) is 101 Å². The van der Waals surface area contributed by atoms with Crippen LogP contribution in [0, 0.1) is 5.92 Å². The van der Waals surface area contributed by atoms with Crippen LogP contribution in [0.2, 0.25) is 0 Å². The smallest absolute Gasteiger partial charge is 0.407 e. The van der Waals surface area contributed by atoms with Gasteiger partial charge in [0.1, 0.15) is 19.3 Å². The van der Waals surface area contributed by atoms with Crippen molar-refractivity contribution in [2.45, 2.75) is 61.2 Å². The molecular formula is C30H38N2O11S. The van der Waals surface area contributed by atoms with E-state index in [-0.39, 0.29) is 30.1 Å². The number of aliphatic hydroxyl groups excluding tert-OH is 1. The summed E-state index contributed by atoms with van der Waals surface area (Å²) in [7, 11) is -4.29. The Morgan fingerprint density at radius 2 is 1.75 bits per heavy atom. The van der Waals surface area contributed by atoms with E-state index in [0.29, 0.717) is 57.4 Å². The van der Waals surface area contributed by atoms with Crippen LogP contribution in [0.4, 0.5) is 4.79 Å². The molecule has 2 aromatic carbocycles. The fraction of sp³-hybridized carbons (Fsp3) is 0.567. The first-order valence-electron chi connectivity index (χ1n) is 15.0. The van der Waals surface area contributed by atoms with E-state index in [2.05, 4.69) is 5.32 Å². The zero-order chi connectivity index (χ0) is 30.5. The van der Waals surface area contributed by atoms with Crippen molar-refractivity contribution in [3.63, 3.8) is 0 Å². The number of amides is 1. The first-order valence-corrected chi connectivity index (χ1v) is 16.4. The number of hydroxylamine groups is 1. The number of hydrogen-bond acceptors (Lipinski definition) is 11. The Balaban J connectivity index is 1.22. The predicted molar refractivity (Wildman–Crippen MR) is 153 cm³/mol. The first kappa shape index (κ1) is 31.0. The van der Waals surface area contributed by atoms with Crippen molar-refractivity contribution in [3.8, 4) is 11.5 Å². The highest BCUT2D eigenvalue weighted by molar-refractivity contribution is 7.89.